The smallest absolute Gasteiger partial charge is 0.735 e. The summed E-state index contributed by atoms with van der Waals surface area (Å²) in [5.74, 6) is 0. The Bertz CT molecular complexity index is 322. The van der Waals surface area contributed by atoms with Gasteiger partial charge in [-0.1, -0.05) is 0 Å². The van der Waals surface area contributed by atoms with Gasteiger partial charge in [-0.2, -0.15) is 0 Å². The minimum Gasteiger partial charge on any atom is -0.735 e. The number of rotatable bonds is 7. The molecule has 0 saturated carbocycles. The van der Waals surface area contributed by atoms with Crippen molar-refractivity contribution >= 4 is 16.6 Å². The molecule has 96 valence electrons. The molecule has 0 rings (SSSR count). The Balaban J connectivity index is 0. The second-order valence-corrected chi connectivity index (χ2v) is 4.11. The summed E-state index contributed by atoms with van der Waals surface area (Å²) < 4.78 is 31.9. The molecule has 0 bridgehead atoms. The Morgan fingerprint density at radius 3 is 2.00 bits per heavy atom. The van der Waals surface area contributed by atoms with Gasteiger partial charge in [0.15, 0.2) is 10.3 Å². The first-order valence-electron chi connectivity index (χ1n) is 4.06. The number of carbonyl (C=O) groups is 1. The number of hydrogen-bond donors (Lipinski definition) is 5. The molecule has 0 aliphatic rings. The Hall–Kier alpha value is 1.02. The van der Waals surface area contributed by atoms with Crippen LogP contribution in [0.5, 0.6) is 0 Å². The predicted molar refractivity (Wildman–Crippen MR) is 47.8 cm³/mol. The number of carbonyl (C=O) groups excluding carboxylic acids is 1. The molecular formula is C6H12KNO8S. The van der Waals surface area contributed by atoms with Gasteiger partial charge in [-0.15, -0.1) is 0 Å². The Morgan fingerprint density at radius 2 is 1.71 bits per heavy atom. The van der Waals surface area contributed by atoms with Gasteiger partial charge in [0.2, 0.25) is 0 Å². The van der Waals surface area contributed by atoms with E-state index in [1.165, 1.54) is 4.72 Å². The number of nitrogens with one attached hydrogen (secondary N) is 1. The Kier molecular flexibility index (Phi) is 10.8. The van der Waals surface area contributed by atoms with Gasteiger partial charge in [-0.05, 0) is 0 Å². The molecule has 0 unspecified atom stereocenters. The van der Waals surface area contributed by atoms with Crippen LogP contribution in [0.2, 0.25) is 0 Å². The molecule has 0 saturated heterocycles. The zero-order valence-corrected chi connectivity index (χ0v) is 12.9. The molecule has 0 aliphatic carbocycles. The van der Waals surface area contributed by atoms with Crippen LogP contribution in [0.1, 0.15) is 0 Å². The van der Waals surface area contributed by atoms with Crippen LogP contribution in [0.4, 0.5) is 0 Å². The van der Waals surface area contributed by atoms with Crippen molar-refractivity contribution in [2.75, 3.05) is 6.61 Å². The summed E-state index contributed by atoms with van der Waals surface area (Å²) in [5, 5.41) is 35.7. The molecule has 5 N–H and O–H groups in total. The standard InChI is InChI=1S/C6H13NO8S.K/c8-1-3(7-16(13,14)15)5(11)6(12)4(10)2-9;/h1,3-7,9-12H,2H2,(H,13,14,15);/q;+1/p-1/t3-,4+,5+,6+;/m1./s1. The van der Waals surface area contributed by atoms with E-state index in [0.717, 1.165) is 0 Å². The molecule has 0 aliphatic heterocycles. The predicted octanol–water partition coefficient (Wildman–Crippen LogP) is -7.32. The quantitative estimate of drug-likeness (QED) is 0.175. The van der Waals surface area contributed by atoms with E-state index < -0.39 is 41.3 Å². The maximum atomic E-state index is 10.4. The fraction of sp³-hybridized carbons (Fsp3) is 0.833. The van der Waals surface area contributed by atoms with Gasteiger partial charge in [0.25, 0.3) is 0 Å². The number of aliphatic hydroxyl groups is 4. The molecule has 0 amide bonds. The summed E-state index contributed by atoms with van der Waals surface area (Å²) in [5.41, 5.74) is 0. The molecule has 0 radical (unpaired) electrons. The molecule has 4 atom stereocenters. The van der Waals surface area contributed by atoms with Crippen LogP contribution in [0.3, 0.4) is 0 Å². The van der Waals surface area contributed by atoms with E-state index in [1.54, 1.807) is 0 Å². The summed E-state index contributed by atoms with van der Waals surface area (Å²) in [6.45, 7) is -0.909. The van der Waals surface area contributed by atoms with Gasteiger partial charge < -0.3 is 29.8 Å². The van der Waals surface area contributed by atoms with Crippen LogP contribution in [0.25, 0.3) is 0 Å². The van der Waals surface area contributed by atoms with Gasteiger partial charge in [0.05, 0.1) is 6.61 Å². The first-order valence-corrected chi connectivity index (χ1v) is 5.47. The molecule has 17 heavy (non-hydrogen) atoms. The van der Waals surface area contributed by atoms with Crippen molar-refractivity contribution in [3.8, 4) is 0 Å². The van der Waals surface area contributed by atoms with E-state index in [2.05, 4.69) is 0 Å². The van der Waals surface area contributed by atoms with Crippen LogP contribution in [0.15, 0.2) is 0 Å². The van der Waals surface area contributed by atoms with E-state index in [-0.39, 0.29) is 57.7 Å². The molecule has 0 aromatic heterocycles. The minimum atomic E-state index is -4.99. The third-order valence-corrected chi connectivity index (χ3v) is 2.29. The summed E-state index contributed by atoms with van der Waals surface area (Å²) in [6.07, 6.45) is -5.92. The topological polar surface area (TPSA) is 167 Å². The Morgan fingerprint density at radius 1 is 1.24 bits per heavy atom. The minimum absolute atomic E-state index is 0. The molecule has 0 heterocycles. The van der Waals surface area contributed by atoms with Crippen molar-refractivity contribution in [1.29, 1.82) is 0 Å². The second kappa shape index (κ2) is 9.01. The SMILES string of the molecule is O=C[C@@H](NS(=O)(=O)[O-])[C@H](O)[C@@H](O)[C@@H](O)CO.[K+]. The monoisotopic (exact) mass is 297 g/mol. The maximum absolute atomic E-state index is 10.4. The third kappa shape index (κ3) is 7.92. The van der Waals surface area contributed by atoms with Crippen molar-refractivity contribution in [1.82, 2.24) is 4.72 Å². The molecule has 0 aromatic carbocycles. The fourth-order valence-corrected chi connectivity index (χ4v) is 1.42. The summed E-state index contributed by atoms with van der Waals surface area (Å²) >= 11 is 0. The Labute approximate surface area is 140 Å². The van der Waals surface area contributed by atoms with Gasteiger partial charge >= 0.3 is 51.4 Å². The van der Waals surface area contributed by atoms with Crippen molar-refractivity contribution in [3.05, 3.63) is 0 Å². The average Bonchev–Trinajstić information content (AvgIpc) is 2.21. The summed E-state index contributed by atoms with van der Waals surface area (Å²) in [6, 6.07) is -1.90. The van der Waals surface area contributed by atoms with E-state index in [0.29, 0.717) is 0 Å². The first kappa shape index (κ1) is 20.3. The van der Waals surface area contributed by atoms with Crippen molar-refractivity contribution in [2.45, 2.75) is 24.4 Å². The zero-order chi connectivity index (χ0) is 12.9. The van der Waals surface area contributed by atoms with E-state index in [1.807, 2.05) is 0 Å². The third-order valence-electron chi connectivity index (χ3n) is 1.73. The summed E-state index contributed by atoms with van der Waals surface area (Å²) in [7, 11) is -4.99. The van der Waals surface area contributed by atoms with Crippen LogP contribution in [0, 0.1) is 0 Å². The van der Waals surface area contributed by atoms with Crippen molar-refractivity contribution < 1.29 is 89.6 Å². The molecule has 0 fully saturated rings. The number of hydrogen-bond acceptors (Lipinski definition) is 8. The van der Waals surface area contributed by atoms with E-state index >= 15 is 0 Å². The molecule has 9 nitrogen and oxygen atoms in total. The molecular weight excluding hydrogens is 285 g/mol. The largest absolute Gasteiger partial charge is 1.00 e. The van der Waals surface area contributed by atoms with Gasteiger partial charge in [-0.25, -0.2) is 13.1 Å². The second-order valence-electron chi connectivity index (χ2n) is 2.96. The molecule has 11 heteroatoms. The number of aliphatic hydroxyl groups excluding tert-OH is 4. The number of aldehydes is 1. The van der Waals surface area contributed by atoms with Gasteiger partial charge in [0, 0.05) is 0 Å². The molecule has 0 spiro atoms. The van der Waals surface area contributed by atoms with Crippen molar-refractivity contribution in [2.24, 2.45) is 0 Å². The van der Waals surface area contributed by atoms with Gasteiger partial charge in [-0.3, -0.25) is 0 Å². The van der Waals surface area contributed by atoms with Crippen LogP contribution >= 0.6 is 0 Å². The molecule has 0 aromatic rings. The average molecular weight is 297 g/mol. The van der Waals surface area contributed by atoms with Gasteiger partial charge in [0.1, 0.15) is 30.6 Å². The van der Waals surface area contributed by atoms with Crippen LogP contribution < -0.4 is 56.1 Å². The van der Waals surface area contributed by atoms with Crippen LogP contribution in [-0.4, -0.2) is 70.6 Å². The van der Waals surface area contributed by atoms with E-state index in [4.69, 9.17) is 15.3 Å². The fourth-order valence-electron chi connectivity index (χ4n) is 0.893. The summed E-state index contributed by atoms with van der Waals surface area (Å²) in [4.78, 5) is 10.4. The van der Waals surface area contributed by atoms with Crippen LogP contribution in [-0.2, 0) is 15.1 Å². The normalized spacial score (nSPS) is 18.6. The maximum Gasteiger partial charge on any atom is 1.00 e. The van der Waals surface area contributed by atoms with E-state index in [9.17, 15) is 22.9 Å². The first-order chi connectivity index (χ1) is 7.22. The van der Waals surface area contributed by atoms with Crippen molar-refractivity contribution in [3.63, 3.8) is 0 Å². The zero-order valence-electron chi connectivity index (χ0n) is 8.92.